The summed E-state index contributed by atoms with van der Waals surface area (Å²) in [5, 5.41) is 52.8. The van der Waals surface area contributed by atoms with E-state index in [1.807, 2.05) is 20.8 Å². The summed E-state index contributed by atoms with van der Waals surface area (Å²) < 4.78 is 16.7. The van der Waals surface area contributed by atoms with Crippen molar-refractivity contribution in [3.05, 3.63) is 11.6 Å². The van der Waals surface area contributed by atoms with Crippen LogP contribution in [0.1, 0.15) is 66.2 Å². The minimum atomic E-state index is -1.21. The van der Waals surface area contributed by atoms with Gasteiger partial charge in [0.05, 0.1) is 23.7 Å². The molecule has 0 aromatic rings. The van der Waals surface area contributed by atoms with Crippen LogP contribution in [-0.2, 0) is 19.0 Å². The Hall–Kier alpha value is -1.54. The molecule has 214 valence electrons. The van der Waals surface area contributed by atoms with Crippen LogP contribution in [0.25, 0.3) is 0 Å². The predicted molar refractivity (Wildman–Crippen MR) is 137 cm³/mol. The first-order valence-corrected chi connectivity index (χ1v) is 14.2. The fraction of sp³-hybridized carbons (Fsp3) is 0.862. The van der Waals surface area contributed by atoms with E-state index in [0.29, 0.717) is 32.3 Å². The van der Waals surface area contributed by atoms with Gasteiger partial charge >= 0.3 is 5.97 Å². The summed E-state index contributed by atoms with van der Waals surface area (Å²) in [6, 6.07) is 2.56. The quantitative estimate of drug-likeness (QED) is 0.245. The lowest BCUT2D eigenvalue weighted by molar-refractivity contribution is -0.296. The molecule has 38 heavy (non-hydrogen) atoms. The van der Waals surface area contributed by atoms with Crippen molar-refractivity contribution in [3.63, 3.8) is 0 Å². The van der Waals surface area contributed by atoms with Gasteiger partial charge in [-0.05, 0) is 68.6 Å². The van der Waals surface area contributed by atoms with E-state index in [4.69, 9.17) is 14.2 Å². The third kappa shape index (κ3) is 4.51. The van der Waals surface area contributed by atoms with Crippen LogP contribution in [0.4, 0.5) is 0 Å². The number of aliphatic carboxylic acids is 1. The third-order valence-electron chi connectivity index (χ3n) is 10.2. The van der Waals surface area contributed by atoms with E-state index in [-0.39, 0.29) is 29.6 Å². The number of carbonyl (C=O) groups is 1. The molecular weight excluding hydrogens is 490 g/mol. The lowest BCUT2D eigenvalue weighted by Crippen LogP contribution is -2.58. The Kier molecular flexibility index (Phi) is 8.64. The van der Waals surface area contributed by atoms with Crippen molar-refractivity contribution in [2.24, 2.45) is 40.4 Å². The maximum absolute atomic E-state index is 12.9. The number of nitriles is 1. The highest BCUT2D eigenvalue weighted by molar-refractivity contribution is 5.83. The number of ether oxygens (including phenoxy) is 3. The number of carboxylic acid groups (broad SMARTS) is 1. The highest BCUT2D eigenvalue weighted by Gasteiger charge is 2.72. The molecule has 0 spiro atoms. The Labute approximate surface area is 225 Å². The summed E-state index contributed by atoms with van der Waals surface area (Å²) in [6.07, 6.45) is 0.845. The van der Waals surface area contributed by atoms with Crippen LogP contribution in [0.3, 0.4) is 0 Å². The molecule has 2 bridgehead atoms. The summed E-state index contributed by atoms with van der Waals surface area (Å²) in [6.45, 7) is 8.10. The standard InChI is InChI=1S/C29H45NO8/c1-15(2)20-10-18-12-28(14-30,29(20,13-18)27(34)35)21-11-22(31)16(3)19(21)8-6-7-9-37-26-24(33)23(32)25(36-5)17(4)38-26/h10,15-19,21-26,31-33H,6-9,11-13H2,1-5H3,(H,34,35)/t16?,17?,18?,19?,21?,22?,23?,24?,25?,26?,28-,29+/m0/s1. The fourth-order valence-electron chi connectivity index (χ4n) is 8.39. The fourth-order valence-corrected chi connectivity index (χ4v) is 8.39. The van der Waals surface area contributed by atoms with Crippen molar-refractivity contribution in [1.29, 1.82) is 5.26 Å². The summed E-state index contributed by atoms with van der Waals surface area (Å²) >= 11 is 0. The molecule has 12 atom stereocenters. The van der Waals surface area contributed by atoms with E-state index < -0.39 is 53.6 Å². The number of unbranched alkanes of at least 4 members (excludes halogenated alkanes) is 1. The maximum atomic E-state index is 12.9. The molecule has 1 heterocycles. The molecule has 9 heteroatoms. The average molecular weight is 536 g/mol. The summed E-state index contributed by atoms with van der Waals surface area (Å²) in [5.74, 6) is -0.989. The number of aliphatic hydroxyl groups is 3. The summed E-state index contributed by atoms with van der Waals surface area (Å²) in [5.41, 5.74) is -1.35. The van der Waals surface area contributed by atoms with Crippen molar-refractivity contribution in [2.45, 2.75) is 103 Å². The maximum Gasteiger partial charge on any atom is 0.315 e. The Morgan fingerprint density at radius 2 is 1.92 bits per heavy atom. The molecule has 4 aliphatic rings. The predicted octanol–water partition coefficient (Wildman–Crippen LogP) is 2.87. The van der Waals surface area contributed by atoms with Gasteiger partial charge in [-0.3, -0.25) is 4.79 Å². The molecule has 10 unspecified atom stereocenters. The zero-order valence-corrected chi connectivity index (χ0v) is 23.2. The van der Waals surface area contributed by atoms with E-state index in [1.54, 1.807) is 6.92 Å². The van der Waals surface area contributed by atoms with Crippen molar-refractivity contribution < 1.29 is 39.4 Å². The molecule has 0 aromatic carbocycles. The normalized spacial score (nSPS) is 46.4. The summed E-state index contributed by atoms with van der Waals surface area (Å²) in [4.78, 5) is 12.9. The van der Waals surface area contributed by atoms with Crippen LogP contribution in [-0.4, -0.2) is 76.9 Å². The SMILES string of the molecule is COC1C(C)OC(OCCCCC2C(C)C(O)CC2[C@@]2(C#N)CC3C=C(C(C)C)[C@@]2(C(=O)O)C3)C(O)C1O. The topological polar surface area (TPSA) is 149 Å². The van der Waals surface area contributed by atoms with Crippen LogP contribution in [0, 0.1) is 51.8 Å². The monoisotopic (exact) mass is 535 g/mol. The van der Waals surface area contributed by atoms with E-state index in [0.717, 1.165) is 18.4 Å². The number of fused-ring (bicyclic) bond motifs is 2. The van der Waals surface area contributed by atoms with Crippen molar-refractivity contribution in [3.8, 4) is 6.07 Å². The van der Waals surface area contributed by atoms with E-state index in [9.17, 15) is 30.5 Å². The molecule has 0 radical (unpaired) electrons. The van der Waals surface area contributed by atoms with Crippen LogP contribution in [0.2, 0.25) is 0 Å². The van der Waals surface area contributed by atoms with Crippen molar-refractivity contribution in [2.75, 3.05) is 13.7 Å². The first-order chi connectivity index (χ1) is 17.9. The van der Waals surface area contributed by atoms with Gasteiger partial charge in [-0.15, -0.1) is 0 Å². The van der Waals surface area contributed by atoms with Gasteiger partial charge < -0.3 is 34.6 Å². The van der Waals surface area contributed by atoms with Gasteiger partial charge in [0, 0.05) is 13.7 Å². The molecule has 2 saturated carbocycles. The second-order valence-corrected chi connectivity index (χ2v) is 12.4. The van der Waals surface area contributed by atoms with Gasteiger partial charge in [-0.25, -0.2) is 0 Å². The summed E-state index contributed by atoms with van der Waals surface area (Å²) in [7, 11) is 1.46. The zero-order chi connectivity index (χ0) is 28.0. The number of hydrogen-bond acceptors (Lipinski definition) is 8. The van der Waals surface area contributed by atoms with Gasteiger partial charge in [-0.1, -0.05) is 38.8 Å². The first kappa shape index (κ1) is 29.4. The third-order valence-corrected chi connectivity index (χ3v) is 10.2. The second kappa shape index (κ2) is 11.1. The second-order valence-electron chi connectivity index (χ2n) is 12.4. The highest BCUT2D eigenvalue weighted by atomic mass is 16.7. The Balaban J connectivity index is 1.43. The van der Waals surface area contributed by atoms with Gasteiger partial charge in [0.1, 0.15) is 23.7 Å². The molecule has 4 N–H and O–H groups in total. The van der Waals surface area contributed by atoms with Gasteiger partial charge in [0.25, 0.3) is 0 Å². The molecular formula is C29H45NO8. The zero-order valence-electron chi connectivity index (χ0n) is 23.2. The Bertz CT molecular complexity index is 947. The van der Waals surface area contributed by atoms with Crippen molar-refractivity contribution in [1.82, 2.24) is 0 Å². The van der Waals surface area contributed by atoms with E-state index in [2.05, 4.69) is 12.1 Å². The molecule has 4 rings (SSSR count). The molecule has 9 nitrogen and oxygen atoms in total. The highest BCUT2D eigenvalue weighted by Crippen LogP contribution is 2.71. The van der Waals surface area contributed by atoms with Gasteiger partial charge in [0.2, 0.25) is 0 Å². The molecule has 0 aromatic heterocycles. The molecule has 1 aliphatic heterocycles. The van der Waals surface area contributed by atoms with Gasteiger partial charge in [0.15, 0.2) is 6.29 Å². The number of rotatable bonds is 10. The Morgan fingerprint density at radius 3 is 2.53 bits per heavy atom. The Morgan fingerprint density at radius 1 is 1.21 bits per heavy atom. The number of hydrogen-bond donors (Lipinski definition) is 4. The minimum Gasteiger partial charge on any atom is -0.481 e. The molecule has 0 amide bonds. The molecule has 3 aliphatic carbocycles. The van der Waals surface area contributed by atoms with Crippen molar-refractivity contribution >= 4 is 5.97 Å². The molecule has 3 fully saturated rings. The number of methoxy groups -OCH3 is 1. The minimum absolute atomic E-state index is 0.0227. The number of allylic oxidation sites excluding steroid dienone is 1. The van der Waals surface area contributed by atoms with Crippen LogP contribution in [0.15, 0.2) is 11.6 Å². The van der Waals surface area contributed by atoms with Crippen LogP contribution < -0.4 is 0 Å². The largest absolute Gasteiger partial charge is 0.481 e. The van der Waals surface area contributed by atoms with Crippen LogP contribution in [0.5, 0.6) is 0 Å². The lowest BCUT2D eigenvalue weighted by Gasteiger charge is -2.47. The average Bonchev–Trinajstić information content (AvgIpc) is 3.52. The van der Waals surface area contributed by atoms with E-state index in [1.165, 1.54) is 7.11 Å². The molecule has 1 saturated heterocycles. The first-order valence-electron chi connectivity index (χ1n) is 14.2. The lowest BCUT2D eigenvalue weighted by atomic mass is 9.52. The number of carboxylic acids is 1. The van der Waals surface area contributed by atoms with Crippen LogP contribution >= 0.6 is 0 Å². The smallest absolute Gasteiger partial charge is 0.315 e. The van der Waals surface area contributed by atoms with E-state index >= 15 is 0 Å². The van der Waals surface area contributed by atoms with Gasteiger partial charge in [-0.2, -0.15) is 5.26 Å². The number of nitrogens with zero attached hydrogens (tertiary/aromatic N) is 1. The number of aliphatic hydroxyl groups excluding tert-OH is 3.